The van der Waals surface area contributed by atoms with Crippen molar-refractivity contribution < 1.29 is 18.7 Å². The molecule has 2 heterocycles. The summed E-state index contributed by atoms with van der Waals surface area (Å²) in [5.41, 5.74) is 12.9. The van der Waals surface area contributed by atoms with Crippen molar-refractivity contribution in [3.63, 3.8) is 0 Å². The van der Waals surface area contributed by atoms with Crippen molar-refractivity contribution in [2.75, 3.05) is 51.0 Å². The molecule has 9 nitrogen and oxygen atoms in total. The van der Waals surface area contributed by atoms with Gasteiger partial charge in [-0.2, -0.15) is 4.98 Å². The first-order valence-corrected chi connectivity index (χ1v) is 11.3. The first-order chi connectivity index (χ1) is 17.0. The molecule has 3 aromatic rings. The fraction of sp³-hybridized carbons (Fsp3) is 0.320. The number of aromatic nitrogens is 2. The maximum Gasteiger partial charge on any atom is 0.228 e. The van der Waals surface area contributed by atoms with Gasteiger partial charge in [0.25, 0.3) is 0 Å². The highest BCUT2D eigenvalue weighted by Gasteiger charge is 2.26. The van der Waals surface area contributed by atoms with Gasteiger partial charge in [-0.05, 0) is 17.8 Å². The summed E-state index contributed by atoms with van der Waals surface area (Å²) >= 11 is 0. The van der Waals surface area contributed by atoms with Crippen LogP contribution in [-0.2, 0) is 4.79 Å². The Hall–Kier alpha value is -4.08. The highest BCUT2D eigenvalue weighted by Crippen LogP contribution is 2.37. The number of piperazine rings is 1. The summed E-state index contributed by atoms with van der Waals surface area (Å²) in [5, 5.41) is 0.345. The molecule has 0 radical (unpaired) electrons. The number of anilines is 2. The zero-order chi connectivity index (χ0) is 24.9. The number of hydrogen-bond acceptors (Lipinski definition) is 8. The number of carbonyl (C=O) groups excluding carboxylic acids is 1. The number of amides is 1. The Balaban J connectivity index is 1.48. The van der Waals surface area contributed by atoms with Gasteiger partial charge in [-0.25, -0.2) is 9.37 Å². The lowest BCUT2D eigenvalue weighted by atomic mass is 9.95. The molecule has 184 valence electrons. The number of fused-ring (bicyclic) bond motifs is 1. The molecule has 0 unspecified atom stereocenters. The van der Waals surface area contributed by atoms with E-state index in [1.165, 1.54) is 20.4 Å². The number of methoxy groups -OCH3 is 2. The third-order valence-corrected chi connectivity index (χ3v) is 6.17. The van der Waals surface area contributed by atoms with Crippen LogP contribution >= 0.6 is 0 Å². The summed E-state index contributed by atoms with van der Waals surface area (Å²) in [6.07, 6.45) is 3.64. The number of allylic oxidation sites excluding steroid dienone is 1. The third-order valence-electron chi connectivity index (χ3n) is 6.17. The average Bonchev–Trinajstić information content (AvgIpc) is 2.89. The zero-order valence-corrected chi connectivity index (χ0v) is 19.8. The SMILES string of the molecule is COc1cc2c(N)nc(N3CCN(C(=O)C[C@@H](/C=C/N)c4ccccc4)CC3)nc2c(F)c1OC. The Morgan fingerprint density at radius 3 is 2.49 bits per heavy atom. The molecule has 1 aliphatic rings. The van der Waals surface area contributed by atoms with Gasteiger partial charge < -0.3 is 30.7 Å². The highest BCUT2D eigenvalue weighted by atomic mass is 19.1. The van der Waals surface area contributed by atoms with Crippen molar-refractivity contribution in [1.82, 2.24) is 14.9 Å². The van der Waals surface area contributed by atoms with E-state index < -0.39 is 5.82 Å². The molecule has 10 heteroatoms. The Morgan fingerprint density at radius 2 is 1.86 bits per heavy atom. The minimum Gasteiger partial charge on any atom is -0.493 e. The highest BCUT2D eigenvalue weighted by molar-refractivity contribution is 5.92. The second-order valence-electron chi connectivity index (χ2n) is 8.21. The molecule has 2 aromatic carbocycles. The molecule has 1 saturated heterocycles. The Labute approximate surface area is 203 Å². The predicted molar refractivity (Wildman–Crippen MR) is 133 cm³/mol. The van der Waals surface area contributed by atoms with Crippen LogP contribution in [0, 0.1) is 5.82 Å². The van der Waals surface area contributed by atoms with E-state index in [4.69, 9.17) is 20.9 Å². The third kappa shape index (κ3) is 4.91. The van der Waals surface area contributed by atoms with Crippen molar-refractivity contribution >= 4 is 28.6 Å². The lowest BCUT2D eigenvalue weighted by Crippen LogP contribution is -2.49. The van der Waals surface area contributed by atoms with Gasteiger partial charge in [0.05, 0.1) is 14.2 Å². The summed E-state index contributed by atoms with van der Waals surface area (Å²) < 4.78 is 25.4. The van der Waals surface area contributed by atoms with Gasteiger partial charge in [-0.1, -0.05) is 36.4 Å². The van der Waals surface area contributed by atoms with E-state index in [2.05, 4.69) is 9.97 Å². The summed E-state index contributed by atoms with van der Waals surface area (Å²) in [5.74, 6) is -0.0938. The van der Waals surface area contributed by atoms with Crippen LogP contribution in [0.15, 0.2) is 48.7 Å². The number of nitrogen functional groups attached to an aromatic ring is 1. The molecular formula is C25H29FN6O3. The zero-order valence-electron chi connectivity index (χ0n) is 19.8. The molecule has 0 saturated carbocycles. The summed E-state index contributed by atoms with van der Waals surface area (Å²) in [4.78, 5) is 25.5. The van der Waals surface area contributed by atoms with Crippen molar-refractivity contribution in [1.29, 1.82) is 0 Å². The number of ether oxygens (including phenoxy) is 2. The van der Waals surface area contributed by atoms with Gasteiger partial charge in [0, 0.05) is 43.9 Å². The van der Waals surface area contributed by atoms with Gasteiger partial charge in [-0.3, -0.25) is 4.79 Å². The van der Waals surface area contributed by atoms with E-state index in [0.29, 0.717) is 43.9 Å². The van der Waals surface area contributed by atoms with E-state index in [1.54, 1.807) is 6.07 Å². The van der Waals surface area contributed by atoms with E-state index >= 15 is 4.39 Å². The van der Waals surface area contributed by atoms with Crippen LogP contribution in [0.25, 0.3) is 10.9 Å². The summed E-state index contributed by atoms with van der Waals surface area (Å²) in [7, 11) is 2.78. The molecule has 1 aliphatic heterocycles. The van der Waals surface area contributed by atoms with Crippen LogP contribution in [0.4, 0.5) is 16.2 Å². The molecule has 0 spiro atoms. The molecule has 35 heavy (non-hydrogen) atoms. The van der Waals surface area contributed by atoms with Crippen LogP contribution in [0.5, 0.6) is 11.5 Å². The van der Waals surface area contributed by atoms with Gasteiger partial charge in [-0.15, -0.1) is 0 Å². The van der Waals surface area contributed by atoms with Crippen LogP contribution in [0.1, 0.15) is 17.9 Å². The Morgan fingerprint density at radius 1 is 1.14 bits per heavy atom. The van der Waals surface area contributed by atoms with Crippen LogP contribution in [0.2, 0.25) is 0 Å². The van der Waals surface area contributed by atoms with Gasteiger partial charge in [0.1, 0.15) is 11.3 Å². The molecule has 1 aromatic heterocycles. The Bertz CT molecular complexity index is 1230. The van der Waals surface area contributed by atoms with Gasteiger partial charge in [0.15, 0.2) is 17.3 Å². The van der Waals surface area contributed by atoms with E-state index in [0.717, 1.165) is 5.56 Å². The smallest absolute Gasteiger partial charge is 0.228 e. The monoisotopic (exact) mass is 480 g/mol. The quantitative estimate of drug-likeness (QED) is 0.530. The molecule has 4 rings (SSSR count). The lowest BCUT2D eigenvalue weighted by molar-refractivity contribution is -0.131. The molecule has 0 aliphatic carbocycles. The largest absolute Gasteiger partial charge is 0.493 e. The van der Waals surface area contributed by atoms with Crippen LogP contribution < -0.4 is 25.8 Å². The topological polar surface area (TPSA) is 120 Å². The minimum absolute atomic E-state index is 0.0402. The first-order valence-electron chi connectivity index (χ1n) is 11.3. The molecule has 1 fully saturated rings. The summed E-state index contributed by atoms with van der Waals surface area (Å²) in [6, 6.07) is 11.4. The molecular weight excluding hydrogens is 451 g/mol. The number of halogens is 1. The van der Waals surface area contributed by atoms with Crippen LogP contribution in [0.3, 0.4) is 0 Å². The molecule has 1 atom stereocenters. The van der Waals surface area contributed by atoms with E-state index in [1.807, 2.05) is 46.2 Å². The van der Waals surface area contributed by atoms with Crippen molar-refractivity contribution in [3.05, 3.63) is 60.1 Å². The second-order valence-corrected chi connectivity index (χ2v) is 8.21. The van der Waals surface area contributed by atoms with E-state index in [9.17, 15) is 4.79 Å². The number of benzene rings is 2. The van der Waals surface area contributed by atoms with Crippen molar-refractivity contribution in [3.8, 4) is 11.5 Å². The predicted octanol–water partition coefficient (Wildman–Crippen LogP) is 2.66. The number of hydrogen-bond donors (Lipinski definition) is 2. The molecule has 4 N–H and O–H groups in total. The van der Waals surface area contributed by atoms with Gasteiger partial charge in [0.2, 0.25) is 11.9 Å². The van der Waals surface area contributed by atoms with E-state index in [-0.39, 0.29) is 34.7 Å². The van der Waals surface area contributed by atoms with Crippen molar-refractivity contribution in [2.24, 2.45) is 5.73 Å². The number of nitrogens with zero attached hydrogens (tertiary/aromatic N) is 4. The number of carbonyl (C=O) groups is 1. The first kappa shape index (κ1) is 24.1. The second kappa shape index (κ2) is 10.5. The maximum absolute atomic E-state index is 15.1. The Kier molecular flexibility index (Phi) is 7.19. The maximum atomic E-state index is 15.1. The molecule has 0 bridgehead atoms. The average molecular weight is 481 g/mol. The normalized spacial score (nSPS) is 14.9. The minimum atomic E-state index is -0.661. The van der Waals surface area contributed by atoms with Crippen LogP contribution in [-0.4, -0.2) is 61.2 Å². The lowest BCUT2D eigenvalue weighted by Gasteiger charge is -2.35. The number of rotatable bonds is 7. The van der Waals surface area contributed by atoms with Crippen molar-refractivity contribution in [2.45, 2.75) is 12.3 Å². The standard InChI is InChI=1S/C25H29FN6O3/c1-34-19-15-18-22(21(26)23(19)35-2)29-25(30-24(18)28)32-12-10-31(11-13-32)20(33)14-17(8-9-27)16-6-4-3-5-7-16/h3-9,15,17H,10-14,27H2,1-2H3,(H2,28,29,30)/b9-8+/t17-/m1/s1. The fourth-order valence-corrected chi connectivity index (χ4v) is 4.28. The summed E-state index contributed by atoms with van der Waals surface area (Å²) in [6.45, 7) is 1.97. The van der Waals surface area contributed by atoms with Gasteiger partial charge >= 0.3 is 0 Å². The number of nitrogens with two attached hydrogens (primary N) is 2. The fourth-order valence-electron chi connectivity index (χ4n) is 4.28. The molecule has 1 amide bonds.